The first-order valence-corrected chi connectivity index (χ1v) is 12.4. The van der Waals surface area contributed by atoms with Crippen LogP contribution in [0.5, 0.6) is 5.75 Å². The second-order valence-corrected chi connectivity index (χ2v) is 11.1. The zero-order valence-electron chi connectivity index (χ0n) is 19.3. The maximum absolute atomic E-state index is 13.6. The second-order valence-electron chi connectivity index (χ2n) is 9.68. The fraction of sp³-hybridized carbons (Fsp3) is 0.583. The number of ether oxygens (including phenoxy) is 1. The fourth-order valence-electron chi connectivity index (χ4n) is 4.98. The molecule has 3 aliphatic rings. The maximum atomic E-state index is 13.6. The van der Waals surface area contributed by atoms with Gasteiger partial charge in [0.15, 0.2) is 6.10 Å². The molecule has 8 nitrogen and oxygen atoms in total. The van der Waals surface area contributed by atoms with Crippen molar-refractivity contribution in [1.82, 2.24) is 15.5 Å². The van der Waals surface area contributed by atoms with Crippen molar-refractivity contribution in [1.29, 1.82) is 5.26 Å². The molecule has 1 saturated carbocycles. The minimum atomic E-state index is -1.14. The number of nitrogens with zero attached hydrogens (tertiary/aromatic N) is 2. The van der Waals surface area contributed by atoms with Gasteiger partial charge >= 0.3 is 0 Å². The normalized spacial score (nSPS) is 28.0. The van der Waals surface area contributed by atoms with Crippen molar-refractivity contribution >= 4 is 40.9 Å². The summed E-state index contributed by atoms with van der Waals surface area (Å²) in [6.45, 7) is 4.33. The first-order chi connectivity index (χ1) is 16.5. The molecule has 0 bridgehead atoms. The Morgan fingerprint density at radius 3 is 2.60 bits per heavy atom. The van der Waals surface area contributed by atoms with Crippen LogP contribution in [0.4, 0.5) is 4.39 Å². The van der Waals surface area contributed by atoms with E-state index >= 15 is 0 Å². The Hall–Kier alpha value is -2.57. The predicted octanol–water partition coefficient (Wildman–Crippen LogP) is 2.39. The van der Waals surface area contributed by atoms with E-state index in [0.29, 0.717) is 18.7 Å². The van der Waals surface area contributed by atoms with Crippen LogP contribution in [0.25, 0.3) is 0 Å². The molecule has 2 saturated heterocycles. The highest BCUT2D eigenvalue weighted by atomic mass is 35.5. The average Bonchev–Trinajstić information content (AvgIpc) is 3.17. The van der Waals surface area contributed by atoms with Crippen molar-refractivity contribution in [3.63, 3.8) is 0 Å². The third kappa shape index (κ3) is 5.05. The Morgan fingerprint density at radius 1 is 1.34 bits per heavy atom. The summed E-state index contributed by atoms with van der Waals surface area (Å²) in [6.07, 6.45) is -0.158. The number of likely N-dealkylation sites (tertiary alicyclic amines) is 1. The van der Waals surface area contributed by atoms with E-state index in [9.17, 15) is 24.0 Å². The van der Waals surface area contributed by atoms with E-state index in [2.05, 4.69) is 10.6 Å². The maximum Gasteiger partial charge on any atom is 0.264 e. The fourth-order valence-corrected chi connectivity index (χ4v) is 5.81. The summed E-state index contributed by atoms with van der Waals surface area (Å²) in [5.41, 5.74) is 0. The molecule has 0 unspecified atom stereocenters. The summed E-state index contributed by atoms with van der Waals surface area (Å²) in [4.78, 5) is 40.2. The molecule has 0 aromatic heterocycles. The van der Waals surface area contributed by atoms with Crippen LogP contribution in [-0.2, 0) is 14.4 Å². The lowest BCUT2D eigenvalue weighted by Crippen LogP contribution is -2.55. The van der Waals surface area contributed by atoms with Gasteiger partial charge in [-0.05, 0) is 43.0 Å². The molecule has 35 heavy (non-hydrogen) atoms. The molecule has 3 amide bonds. The van der Waals surface area contributed by atoms with Crippen molar-refractivity contribution in [3.8, 4) is 11.8 Å². The topological polar surface area (TPSA) is 112 Å². The van der Waals surface area contributed by atoms with Gasteiger partial charge in [0, 0.05) is 30.8 Å². The van der Waals surface area contributed by atoms with Crippen LogP contribution >= 0.6 is 23.2 Å². The Balaban J connectivity index is 1.50. The molecule has 1 aromatic rings. The Bertz CT molecular complexity index is 1040. The van der Waals surface area contributed by atoms with E-state index in [4.69, 9.17) is 27.9 Å². The molecule has 11 heteroatoms. The van der Waals surface area contributed by atoms with E-state index in [1.165, 1.54) is 29.2 Å². The number of rotatable bonds is 8. The van der Waals surface area contributed by atoms with Gasteiger partial charge in [-0.3, -0.25) is 14.4 Å². The molecule has 0 spiro atoms. The number of nitriles is 1. The molecule has 0 radical (unpaired) electrons. The number of hydrogen-bond acceptors (Lipinski definition) is 5. The zero-order chi connectivity index (χ0) is 25.5. The van der Waals surface area contributed by atoms with Gasteiger partial charge in [0.25, 0.3) is 5.91 Å². The minimum Gasteiger partial charge on any atom is -0.480 e. The van der Waals surface area contributed by atoms with Gasteiger partial charge in [0.1, 0.15) is 28.0 Å². The molecule has 2 heterocycles. The number of carbonyl (C=O) groups is 3. The highest BCUT2D eigenvalue weighted by Crippen LogP contribution is 2.65. The van der Waals surface area contributed by atoms with Gasteiger partial charge in [-0.2, -0.15) is 5.26 Å². The number of fused-ring (bicyclic) bond motifs is 1. The van der Waals surface area contributed by atoms with Gasteiger partial charge in [-0.1, -0.05) is 13.8 Å². The number of alkyl halides is 2. The van der Waals surface area contributed by atoms with Crippen LogP contribution in [0, 0.1) is 40.8 Å². The van der Waals surface area contributed by atoms with E-state index in [-0.39, 0.29) is 36.6 Å². The summed E-state index contributed by atoms with van der Waals surface area (Å²) in [5.74, 6) is -2.57. The Kier molecular flexibility index (Phi) is 7.16. The molecule has 188 valence electrons. The largest absolute Gasteiger partial charge is 0.480 e. The number of halogens is 3. The third-order valence-corrected chi connectivity index (χ3v) is 8.03. The van der Waals surface area contributed by atoms with E-state index in [1.54, 1.807) is 0 Å². The number of benzene rings is 1. The molecule has 1 aliphatic carbocycles. The van der Waals surface area contributed by atoms with Gasteiger partial charge < -0.3 is 20.3 Å². The lowest BCUT2D eigenvalue weighted by Gasteiger charge is -2.33. The minimum absolute atomic E-state index is 0.141. The van der Waals surface area contributed by atoms with Crippen LogP contribution in [0.3, 0.4) is 0 Å². The molecule has 4 rings (SSSR count). The molecule has 2 aliphatic heterocycles. The van der Waals surface area contributed by atoms with Gasteiger partial charge in [0.05, 0.1) is 6.07 Å². The van der Waals surface area contributed by atoms with Gasteiger partial charge in [-0.25, -0.2) is 4.39 Å². The summed E-state index contributed by atoms with van der Waals surface area (Å²) < 4.78 is 18.0. The van der Waals surface area contributed by atoms with E-state index < -0.39 is 46.1 Å². The van der Waals surface area contributed by atoms with Gasteiger partial charge in [-0.15, -0.1) is 23.2 Å². The molecular weight excluding hydrogens is 498 g/mol. The number of amides is 3. The molecule has 1 aromatic carbocycles. The molecular formula is C24H27Cl2FN4O4. The summed E-state index contributed by atoms with van der Waals surface area (Å²) in [5, 5.41) is 15.0. The van der Waals surface area contributed by atoms with E-state index in [1.807, 2.05) is 19.9 Å². The van der Waals surface area contributed by atoms with Crippen LogP contribution in [0.1, 0.15) is 26.7 Å². The lowest BCUT2D eigenvalue weighted by atomic mass is 9.98. The highest BCUT2D eigenvalue weighted by molar-refractivity contribution is 6.51. The highest BCUT2D eigenvalue weighted by Gasteiger charge is 2.74. The van der Waals surface area contributed by atoms with Crippen molar-refractivity contribution < 1.29 is 23.5 Å². The summed E-state index contributed by atoms with van der Waals surface area (Å²) in [6, 6.07) is 5.50. The van der Waals surface area contributed by atoms with E-state index in [0.717, 1.165) is 0 Å². The predicted molar refractivity (Wildman–Crippen MR) is 126 cm³/mol. The summed E-state index contributed by atoms with van der Waals surface area (Å²) in [7, 11) is 0. The lowest BCUT2D eigenvalue weighted by molar-refractivity contribution is -0.147. The van der Waals surface area contributed by atoms with Crippen LogP contribution in [-0.4, -0.2) is 58.2 Å². The number of hydrogen-bond donors (Lipinski definition) is 2. The zero-order valence-corrected chi connectivity index (χ0v) is 20.9. The van der Waals surface area contributed by atoms with Crippen molar-refractivity contribution in [2.24, 2.45) is 23.7 Å². The van der Waals surface area contributed by atoms with Gasteiger partial charge in [0.2, 0.25) is 11.8 Å². The van der Waals surface area contributed by atoms with Crippen LogP contribution in [0.15, 0.2) is 24.3 Å². The standard InChI is InChI=1S/C24H27Cl2FN4O4/c1-12(2)20(35-16-5-3-14(27)4-6-16)23(34)31-11-17-18(24(17,25)26)19(31)22(33)30-15(10-28)9-13-7-8-29-21(13)32/h3-6,12-13,15,17-20H,7-9,11H2,1-2H3,(H,29,32)(H,30,33)/t13-,15-,17-,18-,19-,20-/m0/s1. The Labute approximate surface area is 213 Å². The number of nitrogens with one attached hydrogen (secondary N) is 2. The molecule has 3 fully saturated rings. The number of piperidine rings is 1. The van der Waals surface area contributed by atoms with Crippen LogP contribution < -0.4 is 15.4 Å². The Morgan fingerprint density at radius 2 is 2.03 bits per heavy atom. The smallest absolute Gasteiger partial charge is 0.264 e. The number of carbonyl (C=O) groups excluding carboxylic acids is 3. The van der Waals surface area contributed by atoms with Crippen LogP contribution in [0.2, 0.25) is 0 Å². The monoisotopic (exact) mass is 524 g/mol. The molecule has 2 N–H and O–H groups in total. The SMILES string of the molecule is CC(C)[C@H](Oc1ccc(F)cc1)C(=O)N1C[C@H]2[C@@H]([C@H]1C(=O)N[C@H](C#N)C[C@@H]1CCNC1=O)C2(Cl)Cl. The third-order valence-electron chi connectivity index (χ3n) is 6.97. The first kappa shape index (κ1) is 25.5. The first-order valence-electron chi connectivity index (χ1n) is 11.6. The quantitative estimate of drug-likeness (QED) is 0.507. The average molecular weight is 525 g/mol. The van der Waals surface area contributed by atoms with Crippen molar-refractivity contribution in [3.05, 3.63) is 30.1 Å². The second kappa shape index (κ2) is 9.82. The summed E-state index contributed by atoms with van der Waals surface area (Å²) >= 11 is 12.8. The van der Waals surface area contributed by atoms with Crippen molar-refractivity contribution in [2.45, 2.75) is 49.2 Å². The molecule has 6 atom stereocenters. The van der Waals surface area contributed by atoms with Crippen molar-refractivity contribution in [2.75, 3.05) is 13.1 Å².